The van der Waals surface area contributed by atoms with Gasteiger partial charge < -0.3 is 15.2 Å². The molecule has 5 rings (SSSR count). The smallest absolute Gasteiger partial charge is 0.267 e. The maximum atomic E-state index is 13.5. The summed E-state index contributed by atoms with van der Waals surface area (Å²) in [5.74, 6) is 0.791. The predicted octanol–water partition coefficient (Wildman–Crippen LogP) is 4.29. The lowest BCUT2D eigenvalue weighted by Crippen LogP contribution is -2.30. The summed E-state index contributed by atoms with van der Waals surface area (Å²) in [4.78, 5) is 33.3. The highest BCUT2D eigenvalue weighted by Crippen LogP contribution is 2.33. The zero-order chi connectivity index (χ0) is 27.4. The molecule has 1 fully saturated rings. The van der Waals surface area contributed by atoms with Gasteiger partial charge in [0.2, 0.25) is 0 Å². The molecule has 0 spiro atoms. The number of carbonyl (C=O) groups excluding carboxylic acids is 1. The minimum Gasteiger partial charge on any atom is -0.497 e. The van der Waals surface area contributed by atoms with Gasteiger partial charge in [-0.25, -0.2) is 4.98 Å². The van der Waals surface area contributed by atoms with Crippen LogP contribution in [0.15, 0.2) is 88.7 Å². The van der Waals surface area contributed by atoms with Crippen molar-refractivity contribution < 1.29 is 14.6 Å². The number of carbonyl (C=O) groups is 1. The van der Waals surface area contributed by atoms with Gasteiger partial charge in [0.05, 0.1) is 23.7 Å². The van der Waals surface area contributed by atoms with E-state index in [1.165, 1.54) is 4.40 Å². The highest BCUT2D eigenvalue weighted by Gasteiger charge is 2.32. The Kier molecular flexibility index (Phi) is 8.06. The van der Waals surface area contributed by atoms with Gasteiger partial charge in [-0.2, -0.15) is 0 Å². The fourth-order valence-electron chi connectivity index (χ4n) is 4.21. The quantitative estimate of drug-likeness (QED) is 0.232. The third-order valence-corrected chi connectivity index (χ3v) is 7.73. The molecule has 2 aromatic heterocycles. The Hall–Kier alpha value is -3.99. The fourth-order valence-corrected chi connectivity index (χ4v) is 5.50. The largest absolute Gasteiger partial charge is 0.497 e. The molecule has 2 N–H and O–H groups in total. The van der Waals surface area contributed by atoms with Crippen LogP contribution in [-0.4, -0.2) is 49.8 Å². The number of ether oxygens (including phenoxy) is 1. The number of benzene rings is 2. The molecule has 0 radical (unpaired) electrons. The van der Waals surface area contributed by atoms with Crippen LogP contribution in [0.5, 0.6) is 5.75 Å². The molecule has 0 unspecified atom stereocenters. The summed E-state index contributed by atoms with van der Waals surface area (Å²) in [6, 6.07) is 22.1. The van der Waals surface area contributed by atoms with E-state index in [-0.39, 0.29) is 29.4 Å². The summed E-state index contributed by atoms with van der Waals surface area (Å²) >= 11 is 6.67. The number of methoxy groups -OCH3 is 1. The van der Waals surface area contributed by atoms with Gasteiger partial charge >= 0.3 is 0 Å². The van der Waals surface area contributed by atoms with Gasteiger partial charge in [0, 0.05) is 19.3 Å². The highest BCUT2D eigenvalue weighted by atomic mass is 32.2. The SMILES string of the molecule is COc1ccc(CCN2C(=O)/C(=C/c3c(NC[C@@H](O)c4ccccc4)nc4ccccn4c3=O)SC2=S)cc1. The van der Waals surface area contributed by atoms with Crippen LogP contribution in [0.3, 0.4) is 0 Å². The molecular formula is C29H26N4O4S2. The number of amides is 1. The molecule has 1 aliphatic rings. The molecule has 1 amide bonds. The lowest BCUT2D eigenvalue weighted by molar-refractivity contribution is -0.122. The summed E-state index contributed by atoms with van der Waals surface area (Å²) in [5, 5.41) is 13.8. The molecular weight excluding hydrogens is 532 g/mol. The van der Waals surface area contributed by atoms with Crippen molar-refractivity contribution in [2.45, 2.75) is 12.5 Å². The molecule has 0 saturated carbocycles. The molecule has 0 bridgehead atoms. The Morgan fingerprint density at radius 1 is 1.08 bits per heavy atom. The summed E-state index contributed by atoms with van der Waals surface area (Å²) in [5.41, 5.74) is 2.12. The molecule has 10 heteroatoms. The van der Waals surface area contributed by atoms with Gasteiger partial charge in [-0.1, -0.05) is 72.5 Å². The van der Waals surface area contributed by atoms with Crippen molar-refractivity contribution in [2.24, 2.45) is 0 Å². The number of pyridine rings is 1. The molecule has 2 aromatic carbocycles. The Labute approximate surface area is 235 Å². The Bertz CT molecular complexity index is 1600. The van der Waals surface area contributed by atoms with E-state index in [0.717, 1.165) is 28.6 Å². The zero-order valence-electron chi connectivity index (χ0n) is 21.1. The first-order valence-electron chi connectivity index (χ1n) is 12.3. The van der Waals surface area contributed by atoms with Crippen LogP contribution in [0, 0.1) is 0 Å². The molecule has 4 aromatic rings. The number of aliphatic hydroxyl groups is 1. The molecule has 3 heterocycles. The maximum absolute atomic E-state index is 13.5. The summed E-state index contributed by atoms with van der Waals surface area (Å²) in [6.07, 6.45) is 2.98. The second kappa shape index (κ2) is 11.8. The standard InChI is InChI=1S/C29H26N4O4S2/c1-37-21-12-10-19(11-13-21)14-16-33-28(36)24(39-29(33)38)17-22-26(30-18-23(34)20-7-3-2-4-8-20)31-25-9-5-6-15-32(25)27(22)35/h2-13,15,17,23,30,34H,14,16,18H2,1H3/b24-17-/t23-/m1/s1. The number of nitrogens with one attached hydrogen (secondary N) is 1. The van der Waals surface area contributed by atoms with E-state index in [0.29, 0.717) is 27.8 Å². The van der Waals surface area contributed by atoms with Crippen molar-refractivity contribution in [2.75, 3.05) is 25.5 Å². The Morgan fingerprint density at radius 3 is 2.56 bits per heavy atom. The summed E-state index contributed by atoms with van der Waals surface area (Å²) < 4.78 is 7.06. The topological polar surface area (TPSA) is 96.2 Å². The fraction of sp³-hybridized carbons (Fsp3) is 0.172. The number of thioether (sulfide) groups is 1. The molecule has 8 nitrogen and oxygen atoms in total. The van der Waals surface area contributed by atoms with Crippen molar-refractivity contribution in [3.05, 3.63) is 111 Å². The second-order valence-corrected chi connectivity index (χ2v) is 10.5. The van der Waals surface area contributed by atoms with Crippen LogP contribution >= 0.6 is 24.0 Å². The highest BCUT2D eigenvalue weighted by molar-refractivity contribution is 8.26. The van der Waals surface area contributed by atoms with Gasteiger partial charge in [0.25, 0.3) is 11.5 Å². The van der Waals surface area contributed by atoms with Crippen molar-refractivity contribution in [3.63, 3.8) is 0 Å². The monoisotopic (exact) mass is 558 g/mol. The van der Waals surface area contributed by atoms with Gasteiger partial charge in [0.15, 0.2) is 0 Å². The summed E-state index contributed by atoms with van der Waals surface area (Å²) in [6.45, 7) is 0.542. The first kappa shape index (κ1) is 26.6. The van der Waals surface area contributed by atoms with E-state index < -0.39 is 6.10 Å². The van der Waals surface area contributed by atoms with Gasteiger partial charge in [-0.15, -0.1) is 0 Å². The number of aromatic nitrogens is 2. The van der Waals surface area contributed by atoms with Crippen molar-refractivity contribution >= 4 is 51.7 Å². The average molecular weight is 559 g/mol. The van der Waals surface area contributed by atoms with Crippen LogP contribution < -0.4 is 15.6 Å². The number of thiocarbonyl (C=S) groups is 1. The molecule has 1 saturated heterocycles. The van der Waals surface area contributed by atoms with Gasteiger partial charge in [0.1, 0.15) is 21.5 Å². The van der Waals surface area contributed by atoms with Gasteiger partial charge in [-0.05, 0) is 47.9 Å². The predicted molar refractivity (Wildman–Crippen MR) is 158 cm³/mol. The number of hydrogen-bond acceptors (Lipinski definition) is 8. The first-order valence-corrected chi connectivity index (χ1v) is 13.5. The van der Waals surface area contributed by atoms with E-state index in [1.807, 2.05) is 54.6 Å². The van der Waals surface area contributed by atoms with Crippen molar-refractivity contribution in [3.8, 4) is 5.75 Å². The van der Waals surface area contributed by atoms with Crippen LogP contribution in [0.25, 0.3) is 11.7 Å². The van der Waals surface area contributed by atoms with E-state index in [4.69, 9.17) is 17.0 Å². The van der Waals surface area contributed by atoms with E-state index in [1.54, 1.807) is 42.5 Å². The van der Waals surface area contributed by atoms with Crippen LogP contribution in [0.4, 0.5) is 5.82 Å². The minimum atomic E-state index is -0.814. The van der Waals surface area contributed by atoms with Crippen LogP contribution in [-0.2, 0) is 11.2 Å². The lowest BCUT2D eigenvalue weighted by atomic mass is 10.1. The number of fused-ring (bicyclic) bond motifs is 1. The summed E-state index contributed by atoms with van der Waals surface area (Å²) in [7, 11) is 1.62. The Morgan fingerprint density at radius 2 is 1.82 bits per heavy atom. The number of anilines is 1. The van der Waals surface area contributed by atoms with E-state index >= 15 is 0 Å². The number of rotatable bonds is 9. The van der Waals surface area contributed by atoms with Crippen molar-refractivity contribution in [1.82, 2.24) is 14.3 Å². The van der Waals surface area contributed by atoms with Crippen LogP contribution in [0.2, 0.25) is 0 Å². The maximum Gasteiger partial charge on any atom is 0.267 e. The number of nitrogens with zero attached hydrogens (tertiary/aromatic N) is 3. The molecule has 0 aliphatic carbocycles. The van der Waals surface area contributed by atoms with Crippen LogP contribution in [0.1, 0.15) is 22.8 Å². The second-order valence-electron chi connectivity index (χ2n) is 8.85. The molecule has 39 heavy (non-hydrogen) atoms. The van der Waals surface area contributed by atoms with Gasteiger partial charge in [-0.3, -0.25) is 18.9 Å². The Balaban J connectivity index is 1.41. The number of aliphatic hydroxyl groups excluding tert-OH is 1. The average Bonchev–Trinajstić information content (AvgIpc) is 3.24. The molecule has 198 valence electrons. The molecule has 1 aliphatic heterocycles. The van der Waals surface area contributed by atoms with E-state index in [2.05, 4.69) is 10.3 Å². The minimum absolute atomic E-state index is 0.128. The molecule has 1 atom stereocenters. The van der Waals surface area contributed by atoms with Crippen molar-refractivity contribution in [1.29, 1.82) is 0 Å². The third kappa shape index (κ3) is 5.88. The van der Waals surface area contributed by atoms with E-state index in [9.17, 15) is 14.7 Å². The lowest BCUT2D eigenvalue weighted by Gasteiger charge is -2.15. The normalized spacial score (nSPS) is 15.2. The third-order valence-electron chi connectivity index (χ3n) is 6.35. The zero-order valence-corrected chi connectivity index (χ0v) is 22.7. The number of hydrogen-bond donors (Lipinski definition) is 2. The first-order chi connectivity index (χ1) is 18.9.